The Morgan fingerprint density at radius 2 is 1.88 bits per heavy atom. The molecule has 0 aliphatic rings. The van der Waals surface area contributed by atoms with Gasteiger partial charge in [0.15, 0.2) is 5.69 Å². The molecule has 0 spiro atoms. The van der Waals surface area contributed by atoms with Gasteiger partial charge in [-0.05, 0) is 37.6 Å². The zero-order valence-electron chi connectivity index (χ0n) is 15.6. The molecule has 0 radical (unpaired) electrons. The summed E-state index contributed by atoms with van der Waals surface area (Å²) in [5, 5.41) is 10.9. The molecule has 6 heteroatoms. The summed E-state index contributed by atoms with van der Waals surface area (Å²) in [7, 11) is 0. The Morgan fingerprint density at radius 1 is 1.24 bits per heavy atom. The summed E-state index contributed by atoms with van der Waals surface area (Å²) in [6, 6.07) is 9.83. The van der Waals surface area contributed by atoms with Crippen LogP contribution in [0.15, 0.2) is 35.4 Å². The summed E-state index contributed by atoms with van der Waals surface area (Å²) < 4.78 is 0. The Bertz CT molecular complexity index is 721. The van der Waals surface area contributed by atoms with Crippen LogP contribution in [0.4, 0.5) is 5.69 Å². The number of aromatic amines is 1. The summed E-state index contributed by atoms with van der Waals surface area (Å²) in [5.74, 6) is -0.331. The van der Waals surface area contributed by atoms with E-state index in [2.05, 4.69) is 72.4 Å². The van der Waals surface area contributed by atoms with Crippen LogP contribution in [0.2, 0.25) is 0 Å². The van der Waals surface area contributed by atoms with Crippen molar-refractivity contribution in [1.82, 2.24) is 15.6 Å². The molecule has 1 aromatic heterocycles. The lowest BCUT2D eigenvalue weighted by atomic mass is 9.92. The summed E-state index contributed by atoms with van der Waals surface area (Å²) in [6.45, 7) is 12.4. The van der Waals surface area contributed by atoms with E-state index < -0.39 is 0 Å². The predicted octanol–water partition coefficient (Wildman–Crippen LogP) is 3.32. The second kappa shape index (κ2) is 7.96. The van der Waals surface area contributed by atoms with Crippen LogP contribution in [0.1, 0.15) is 56.4 Å². The first-order valence-corrected chi connectivity index (χ1v) is 8.59. The highest BCUT2D eigenvalue weighted by Gasteiger charge is 2.19. The van der Waals surface area contributed by atoms with E-state index in [0.717, 1.165) is 24.3 Å². The van der Waals surface area contributed by atoms with E-state index >= 15 is 0 Å². The molecule has 2 aromatic rings. The van der Waals surface area contributed by atoms with Gasteiger partial charge in [0.05, 0.1) is 6.21 Å². The number of carbonyl (C=O) groups is 1. The number of carbonyl (C=O) groups excluding carboxylic acids is 1. The average Bonchev–Trinajstić information content (AvgIpc) is 3.08. The number of aromatic nitrogens is 2. The van der Waals surface area contributed by atoms with Crippen molar-refractivity contribution >= 4 is 17.8 Å². The summed E-state index contributed by atoms with van der Waals surface area (Å²) in [6.07, 6.45) is 1.63. The second-order valence-corrected chi connectivity index (χ2v) is 6.88. The standard InChI is InChI=1S/C19H27N5O/c1-6-24(7-2)15-10-8-14(9-11-15)13-20-23-18(25)16-12-17(22-21-16)19(3,4)5/h8-13H,6-7H2,1-5H3,(H,21,22)(H,23,25)/b20-13+. The molecule has 0 aliphatic heterocycles. The fourth-order valence-electron chi connectivity index (χ4n) is 2.40. The average molecular weight is 341 g/mol. The zero-order chi connectivity index (χ0) is 18.4. The third-order valence-corrected chi connectivity index (χ3v) is 4.02. The van der Waals surface area contributed by atoms with Gasteiger partial charge >= 0.3 is 0 Å². The lowest BCUT2D eigenvalue weighted by molar-refractivity contribution is 0.0950. The van der Waals surface area contributed by atoms with E-state index in [1.807, 2.05) is 12.1 Å². The fraction of sp³-hybridized carbons (Fsp3) is 0.421. The number of nitrogens with zero attached hydrogens (tertiary/aromatic N) is 3. The molecule has 2 rings (SSSR count). The summed E-state index contributed by atoms with van der Waals surface area (Å²) >= 11 is 0. The minimum absolute atomic E-state index is 0.0819. The van der Waals surface area contributed by atoms with Crippen LogP contribution in [0, 0.1) is 0 Å². The molecule has 0 atom stereocenters. The molecule has 134 valence electrons. The SMILES string of the molecule is CCN(CC)c1ccc(/C=N/NC(=O)c2cc(C(C)(C)C)[nH]n2)cc1. The first-order valence-electron chi connectivity index (χ1n) is 8.59. The normalized spacial score (nSPS) is 11.7. The van der Waals surface area contributed by atoms with Crippen LogP contribution in [0.3, 0.4) is 0 Å². The second-order valence-electron chi connectivity index (χ2n) is 6.88. The highest BCUT2D eigenvalue weighted by atomic mass is 16.2. The number of benzene rings is 1. The molecule has 1 aromatic carbocycles. The van der Waals surface area contributed by atoms with Gasteiger partial charge in [0.25, 0.3) is 5.91 Å². The molecular formula is C19H27N5O. The third kappa shape index (κ3) is 4.92. The van der Waals surface area contributed by atoms with Gasteiger partial charge in [-0.1, -0.05) is 32.9 Å². The van der Waals surface area contributed by atoms with Crippen molar-refractivity contribution in [3.63, 3.8) is 0 Å². The van der Waals surface area contributed by atoms with Crippen molar-refractivity contribution in [1.29, 1.82) is 0 Å². The quantitative estimate of drug-likeness (QED) is 0.625. The van der Waals surface area contributed by atoms with Crippen molar-refractivity contribution in [3.05, 3.63) is 47.3 Å². The van der Waals surface area contributed by atoms with Crippen LogP contribution in [0.5, 0.6) is 0 Å². The van der Waals surface area contributed by atoms with E-state index in [0.29, 0.717) is 5.69 Å². The van der Waals surface area contributed by atoms with E-state index in [1.54, 1.807) is 12.3 Å². The number of rotatable bonds is 6. The number of anilines is 1. The third-order valence-electron chi connectivity index (χ3n) is 4.02. The largest absolute Gasteiger partial charge is 0.372 e. The molecular weight excluding hydrogens is 314 g/mol. The van der Waals surface area contributed by atoms with Crippen LogP contribution in [-0.4, -0.2) is 35.4 Å². The summed E-state index contributed by atoms with van der Waals surface area (Å²) in [4.78, 5) is 14.4. The number of amides is 1. The number of nitrogens with one attached hydrogen (secondary N) is 2. The van der Waals surface area contributed by atoms with E-state index in [4.69, 9.17) is 0 Å². The first kappa shape index (κ1) is 18.7. The van der Waals surface area contributed by atoms with Crippen LogP contribution in [0.25, 0.3) is 0 Å². The predicted molar refractivity (Wildman–Crippen MR) is 102 cm³/mol. The molecule has 25 heavy (non-hydrogen) atoms. The van der Waals surface area contributed by atoms with Crippen LogP contribution >= 0.6 is 0 Å². The van der Waals surface area contributed by atoms with E-state index in [1.165, 1.54) is 5.69 Å². The van der Waals surface area contributed by atoms with Gasteiger partial charge in [-0.25, -0.2) is 5.43 Å². The Hall–Kier alpha value is -2.63. The lowest BCUT2D eigenvalue weighted by Gasteiger charge is -2.20. The first-order chi connectivity index (χ1) is 11.8. The van der Waals surface area contributed by atoms with Crippen LogP contribution in [-0.2, 0) is 5.41 Å². The van der Waals surface area contributed by atoms with Gasteiger partial charge in [0.1, 0.15) is 0 Å². The van der Waals surface area contributed by atoms with Crippen molar-refractivity contribution in [2.24, 2.45) is 5.10 Å². The van der Waals surface area contributed by atoms with Crippen molar-refractivity contribution in [2.45, 2.75) is 40.0 Å². The summed E-state index contributed by atoms with van der Waals surface area (Å²) in [5.41, 5.74) is 5.77. The Balaban J connectivity index is 1.96. The monoisotopic (exact) mass is 341 g/mol. The molecule has 0 aliphatic carbocycles. The maximum Gasteiger partial charge on any atom is 0.291 e. The molecule has 0 saturated carbocycles. The molecule has 2 N–H and O–H groups in total. The maximum atomic E-state index is 12.1. The molecule has 0 bridgehead atoms. The molecule has 0 unspecified atom stereocenters. The maximum absolute atomic E-state index is 12.1. The van der Waals surface area contributed by atoms with Gasteiger partial charge in [-0.3, -0.25) is 9.89 Å². The number of hydrazone groups is 1. The minimum atomic E-state index is -0.331. The van der Waals surface area contributed by atoms with Crippen molar-refractivity contribution < 1.29 is 4.79 Å². The highest BCUT2D eigenvalue weighted by Crippen LogP contribution is 2.20. The van der Waals surface area contributed by atoms with Gasteiger partial charge < -0.3 is 4.90 Å². The van der Waals surface area contributed by atoms with Gasteiger partial charge in [0.2, 0.25) is 0 Å². The van der Waals surface area contributed by atoms with Gasteiger partial charge in [0, 0.05) is 29.9 Å². The van der Waals surface area contributed by atoms with Crippen molar-refractivity contribution in [2.75, 3.05) is 18.0 Å². The topological polar surface area (TPSA) is 73.4 Å². The van der Waals surface area contributed by atoms with Crippen LogP contribution < -0.4 is 10.3 Å². The number of H-pyrrole nitrogens is 1. The zero-order valence-corrected chi connectivity index (χ0v) is 15.6. The number of hydrogen-bond acceptors (Lipinski definition) is 4. The molecule has 6 nitrogen and oxygen atoms in total. The Labute approximate surface area is 149 Å². The molecule has 0 saturated heterocycles. The fourth-order valence-corrected chi connectivity index (χ4v) is 2.40. The lowest BCUT2D eigenvalue weighted by Crippen LogP contribution is -2.21. The van der Waals surface area contributed by atoms with Gasteiger partial charge in [-0.15, -0.1) is 0 Å². The number of hydrogen-bond donors (Lipinski definition) is 2. The van der Waals surface area contributed by atoms with Gasteiger partial charge in [-0.2, -0.15) is 10.2 Å². The molecule has 0 fully saturated rings. The highest BCUT2D eigenvalue weighted by molar-refractivity contribution is 5.93. The Kier molecular flexibility index (Phi) is 5.96. The van der Waals surface area contributed by atoms with Crippen molar-refractivity contribution in [3.8, 4) is 0 Å². The van der Waals surface area contributed by atoms with E-state index in [9.17, 15) is 4.79 Å². The Morgan fingerprint density at radius 3 is 2.40 bits per heavy atom. The van der Waals surface area contributed by atoms with E-state index in [-0.39, 0.29) is 11.3 Å². The minimum Gasteiger partial charge on any atom is -0.372 e. The molecule has 1 amide bonds. The molecule has 1 heterocycles. The smallest absolute Gasteiger partial charge is 0.291 e.